The maximum Gasteiger partial charge on any atom is 0.252 e. The molecule has 0 radical (unpaired) electrons. The number of nitrogens with zero attached hydrogens (tertiary/aromatic N) is 5. The number of hydrogen-bond acceptors (Lipinski definition) is 4. The van der Waals surface area contributed by atoms with Crippen LogP contribution < -0.4 is 5.32 Å². The van der Waals surface area contributed by atoms with Gasteiger partial charge in [0.2, 0.25) is 0 Å². The summed E-state index contributed by atoms with van der Waals surface area (Å²) in [5, 5.41) is 13.3. The Morgan fingerprint density at radius 2 is 1.85 bits per heavy atom. The Labute approximate surface area is 193 Å². The molecule has 3 aromatic heterocycles. The highest BCUT2D eigenvalue weighted by Gasteiger charge is 2.29. The highest BCUT2D eigenvalue weighted by Crippen LogP contribution is 2.40. The summed E-state index contributed by atoms with van der Waals surface area (Å²) in [6.07, 6.45) is 2.25. The molecule has 170 valence electrons. The molecule has 0 saturated heterocycles. The van der Waals surface area contributed by atoms with Crippen molar-refractivity contribution in [1.82, 2.24) is 29.9 Å². The van der Waals surface area contributed by atoms with Crippen molar-refractivity contribution in [3.63, 3.8) is 0 Å². The number of aryl methyl sites for hydroxylation is 3. The summed E-state index contributed by atoms with van der Waals surface area (Å²) in [6, 6.07) is 14.2. The molecule has 1 N–H and O–H groups in total. The van der Waals surface area contributed by atoms with Crippen LogP contribution in [0.5, 0.6) is 0 Å². The average Bonchev–Trinajstić information content (AvgIpc) is 3.52. The third kappa shape index (κ3) is 4.40. The summed E-state index contributed by atoms with van der Waals surface area (Å²) in [5.74, 6) is 0.356. The van der Waals surface area contributed by atoms with E-state index >= 15 is 0 Å². The molecule has 1 aliphatic carbocycles. The highest BCUT2D eigenvalue weighted by molar-refractivity contribution is 6.06. The lowest BCUT2D eigenvalue weighted by Gasteiger charge is -2.16. The van der Waals surface area contributed by atoms with E-state index in [0.717, 1.165) is 52.2 Å². The van der Waals surface area contributed by atoms with Gasteiger partial charge in [-0.25, -0.2) is 9.67 Å². The fraction of sp³-hybridized carbons (Fsp3) is 0.385. The summed E-state index contributed by atoms with van der Waals surface area (Å²) >= 11 is 0. The first-order valence-corrected chi connectivity index (χ1v) is 11.6. The van der Waals surface area contributed by atoms with Crippen molar-refractivity contribution in [3.05, 3.63) is 76.4 Å². The van der Waals surface area contributed by atoms with Gasteiger partial charge in [0.25, 0.3) is 5.91 Å². The van der Waals surface area contributed by atoms with Gasteiger partial charge < -0.3 is 5.32 Å². The Morgan fingerprint density at radius 1 is 1.09 bits per heavy atom. The van der Waals surface area contributed by atoms with Gasteiger partial charge in [-0.1, -0.05) is 30.3 Å². The summed E-state index contributed by atoms with van der Waals surface area (Å²) in [5.41, 5.74) is 6.51. The van der Waals surface area contributed by atoms with Crippen LogP contribution in [0.2, 0.25) is 0 Å². The summed E-state index contributed by atoms with van der Waals surface area (Å²) in [6.45, 7) is 9.24. The van der Waals surface area contributed by atoms with Gasteiger partial charge in [-0.2, -0.15) is 10.2 Å². The van der Waals surface area contributed by atoms with Crippen molar-refractivity contribution in [2.45, 2.75) is 65.6 Å². The van der Waals surface area contributed by atoms with E-state index in [1.165, 1.54) is 0 Å². The van der Waals surface area contributed by atoms with E-state index in [2.05, 4.69) is 22.5 Å². The van der Waals surface area contributed by atoms with Crippen molar-refractivity contribution >= 4 is 16.9 Å². The zero-order chi connectivity index (χ0) is 23.1. The average molecular weight is 443 g/mol. The second-order valence-corrected chi connectivity index (χ2v) is 9.28. The van der Waals surface area contributed by atoms with E-state index in [0.29, 0.717) is 24.6 Å². The molecule has 1 aromatic carbocycles. The van der Waals surface area contributed by atoms with Crippen molar-refractivity contribution in [2.75, 3.05) is 0 Å². The minimum Gasteiger partial charge on any atom is -0.348 e. The van der Waals surface area contributed by atoms with Crippen LogP contribution in [0.15, 0.2) is 42.5 Å². The summed E-state index contributed by atoms with van der Waals surface area (Å²) in [4.78, 5) is 18.4. The van der Waals surface area contributed by atoms with Crippen LogP contribution in [0, 0.1) is 20.8 Å². The fourth-order valence-corrected chi connectivity index (χ4v) is 4.47. The topological polar surface area (TPSA) is 77.6 Å². The third-order valence-electron chi connectivity index (χ3n) is 6.24. The Bertz CT molecular complexity index is 1320. The lowest BCUT2D eigenvalue weighted by molar-refractivity contribution is 0.0937. The van der Waals surface area contributed by atoms with Gasteiger partial charge in [-0.05, 0) is 58.2 Å². The monoisotopic (exact) mass is 442 g/mol. The Kier molecular flexibility index (Phi) is 5.48. The quantitative estimate of drug-likeness (QED) is 0.463. The number of aromatic nitrogens is 5. The minimum absolute atomic E-state index is 0.0669. The first kappa shape index (κ1) is 21.4. The van der Waals surface area contributed by atoms with Gasteiger partial charge in [0.05, 0.1) is 35.4 Å². The third-order valence-corrected chi connectivity index (χ3v) is 6.24. The molecule has 1 fully saturated rings. The van der Waals surface area contributed by atoms with Crippen molar-refractivity contribution in [2.24, 2.45) is 0 Å². The Hall–Kier alpha value is -3.48. The fourth-order valence-electron chi connectivity index (χ4n) is 4.47. The molecule has 4 aromatic rings. The normalized spacial score (nSPS) is 14.5. The van der Waals surface area contributed by atoms with Crippen LogP contribution in [-0.2, 0) is 13.1 Å². The maximum atomic E-state index is 13.5. The molecule has 1 unspecified atom stereocenters. The highest BCUT2D eigenvalue weighted by atomic mass is 16.1. The number of pyridine rings is 1. The number of benzene rings is 1. The van der Waals surface area contributed by atoms with Gasteiger partial charge in [0, 0.05) is 23.3 Å². The predicted molar refractivity (Wildman–Crippen MR) is 128 cm³/mol. The molecule has 7 heteroatoms. The molecule has 1 saturated carbocycles. The lowest BCUT2D eigenvalue weighted by atomic mass is 10.1. The maximum absolute atomic E-state index is 13.5. The van der Waals surface area contributed by atoms with Gasteiger partial charge in [0.15, 0.2) is 5.65 Å². The molecule has 0 aliphatic heterocycles. The van der Waals surface area contributed by atoms with E-state index in [9.17, 15) is 4.79 Å². The number of carbonyl (C=O) groups is 1. The van der Waals surface area contributed by atoms with E-state index in [-0.39, 0.29) is 11.9 Å². The first-order chi connectivity index (χ1) is 15.9. The molecule has 3 heterocycles. The number of carbonyl (C=O) groups excluding carboxylic acids is 1. The van der Waals surface area contributed by atoms with Crippen LogP contribution >= 0.6 is 0 Å². The zero-order valence-electron chi connectivity index (χ0n) is 19.7. The number of amides is 1. The van der Waals surface area contributed by atoms with Crippen LogP contribution in [0.4, 0.5) is 0 Å². The predicted octanol–water partition coefficient (Wildman–Crippen LogP) is 4.30. The molecular formula is C26H30N6O. The van der Waals surface area contributed by atoms with E-state index in [4.69, 9.17) is 10.1 Å². The van der Waals surface area contributed by atoms with E-state index in [1.807, 2.05) is 67.4 Å². The Morgan fingerprint density at radius 3 is 2.52 bits per heavy atom. The number of fused-ring (bicyclic) bond motifs is 1. The second kappa shape index (κ2) is 8.46. The zero-order valence-corrected chi connectivity index (χ0v) is 19.7. The number of nitrogens with one attached hydrogen (secondary N) is 1. The van der Waals surface area contributed by atoms with Crippen molar-refractivity contribution in [1.29, 1.82) is 0 Å². The summed E-state index contributed by atoms with van der Waals surface area (Å²) < 4.78 is 3.88. The van der Waals surface area contributed by atoms with Crippen molar-refractivity contribution in [3.8, 4) is 0 Å². The molecule has 7 nitrogen and oxygen atoms in total. The van der Waals surface area contributed by atoms with Gasteiger partial charge in [0.1, 0.15) is 0 Å². The second-order valence-electron chi connectivity index (χ2n) is 9.28. The van der Waals surface area contributed by atoms with Crippen LogP contribution in [0.25, 0.3) is 11.0 Å². The molecule has 33 heavy (non-hydrogen) atoms. The standard InChI is InChI=1S/C26H30N6O/c1-16-12-18(3)31(29-16)14-17(2)27-26(33)22-13-23(21-10-11-21)28-25-24(22)19(4)30-32(25)15-20-8-6-5-7-9-20/h5-9,12-13,17,21H,10-11,14-15H2,1-4H3,(H,27,33). The van der Waals surface area contributed by atoms with Gasteiger partial charge in [-0.15, -0.1) is 0 Å². The van der Waals surface area contributed by atoms with Crippen LogP contribution in [0.3, 0.4) is 0 Å². The van der Waals surface area contributed by atoms with E-state index < -0.39 is 0 Å². The van der Waals surface area contributed by atoms with E-state index in [1.54, 1.807) is 0 Å². The smallest absolute Gasteiger partial charge is 0.252 e. The number of rotatable bonds is 7. The summed E-state index contributed by atoms with van der Waals surface area (Å²) in [7, 11) is 0. The Balaban J connectivity index is 1.47. The molecule has 0 spiro atoms. The van der Waals surface area contributed by atoms with Gasteiger partial charge in [-0.3, -0.25) is 9.48 Å². The molecular weight excluding hydrogens is 412 g/mol. The van der Waals surface area contributed by atoms with Crippen LogP contribution in [0.1, 0.15) is 64.4 Å². The molecule has 5 rings (SSSR count). The minimum atomic E-state index is -0.0827. The molecule has 1 atom stereocenters. The lowest BCUT2D eigenvalue weighted by Crippen LogP contribution is -2.36. The molecule has 1 aliphatic rings. The van der Waals surface area contributed by atoms with Crippen molar-refractivity contribution < 1.29 is 4.79 Å². The number of hydrogen-bond donors (Lipinski definition) is 1. The first-order valence-electron chi connectivity index (χ1n) is 11.6. The molecule has 0 bridgehead atoms. The largest absolute Gasteiger partial charge is 0.348 e. The molecule has 1 amide bonds. The van der Waals surface area contributed by atoms with Crippen LogP contribution in [-0.4, -0.2) is 36.5 Å². The SMILES string of the molecule is Cc1cc(C)n(CC(C)NC(=O)c2cc(C3CC3)nc3c2c(C)nn3Cc2ccccc2)n1. The van der Waals surface area contributed by atoms with Gasteiger partial charge >= 0.3 is 0 Å².